The van der Waals surface area contributed by atoms with Crippen LogP contribution in [0.1, 0.15) is 25.3 Å². The third-order valence-corrected chi connectivity index (χ3v) is 5.66. The number of benzene rings is 3. The van der Waals surface area contributed by atoms with Crippen LogP contribution >= 0.6 is 27.5 Å². The van der Waals surface area contributed by atoms with Gasteiger partial charge in [0.25, 0.3) is 5.91 Å². The maximum absolute atomic E-state index is 12.2. The van der Waals surface area contributed by atoms with Gasteiger partial charge in [0.05, 0.1) is 12.8 Å². The third-order valence-electron chi connectivity index (χ3n) is 4.91. The molecule has 0 aliphatic heterocycles. The highest BCUT2D eigenvalue weighted by Crippen LogP contribution is 2.22. The van der Waals surface area contributed by atoms with E-state index in [0.717, 1.165) is 17.3 Å². The Morgan fingerprint density at radius 3 is 2.32 bits per heavy atom. The lowest BCUT2D eigenvalue weighted by molar-refractivity contribution is -0.136. The predicted octanol–water partition coefficient (Wildman–Crippen LogP) is 5.39. The van der Waals surface area contributed by atoms with Crippen molar-refractivity contribution in [1.82, 2.24) is 5.43 Å². The number of halogens is 2. The summed E-state index contributed by atoms with van der Waals surface area (Å²) in [5, 5.41) is 9.60. The van der Waals surface area contributed by atoms with E-state index in [-0.39, 0.29) is 12.5 Å². The van der Waals surface area contributed by atoms with Crippen LogP contribution in [-0.4, -0.2) is 37.1 Å². The molecule has 38 heavy (non-hydrogen) atoms. The Labute approximate surface area is 233 Å². The van der Waals surface area contributed by atoms with Gasteiger partial charge in [-0.25, -0.2) is 5.43 Å². The molecule has 3 aromatic rings. The topological polar surface area (TPSA) is 118 Å². The Kier molecular flexibility index (Phi) is 11.1. The lowest BCUT2D eigenvalue weighted by Gasteiger charge is -2.10. The Morgan fingerprint density at radius 2 is 1.61 bits per heavy atom. The van der Waals surface area contributed by atoms with Crippen LogP contribution in [0.2, 0.25) is 5.02 Å². The van der Waals surface area contributed by atoms with E-state index in [1.54, 1.807) is 66.7 Å². The van der Waals surface area contributed by atoms with Crippen LogP contribution in [0.5, 0.6) is 11.5 Å². The maximum atomic E-state index is 12.2. The van der Waals surface area contributed by atoms with Crippen molar-refractivity contribution in [3.8, 4) is 11.5 Å². The molecule has 0 radical (unpaired) electrons. The molecule has 3 rings (SSSR count). The van der Waals surface area contributed by atoms with E-state index in [0.29, 0.717) is 40.1 Å². The summed E-state index contributed by atoms with van der Waals surface area (Å²) in [6.45, 7) is 2.43. The summed E-state index contributed by atoms with van der Waals surface area (Å²) in [4.78, 5) is 36.6. The number of unbranched alkanes of at least 4 members (excludes halogenated alkanes) is 1. The summed E-state index contributed by atoms with van der Waals surface area (Å²) in [6.07, 6.45) is 3.29. The van der Waals surface area contributed by atoms with Crippen LogP contribution in [-0.2, 0) is 14.4 Å². The molecule has 0 aromatic heterocycles. The summed E-state index contributed by atoms with van der Waals surface area (Å²) in [6, 6.07) is 18.5. The number of rotatable bonds is 11. The van der Waals surface area contributed by atoms with Crippen molar-refractivity contribution in [3.05, 3.63) is 81.8 Å². The van der Waals surface area contributed by atoms with Gasteiger partial charge in [0.2, 0.25) is 0 Å². The van der Waals surface area contributed by atoms with E-state index in [9.17, 15) is 14.4 Å². The molecule has 3 amide bonds. The molecule has 0 bridgehead atoms. The molecule has 3 N–H and O–H groups in total. The van der Waals surface area contributed by atoms with E-state index >= 15 is 0 Å². The second kappa shape index (κ2) is 14.7. The Hall–Kier alpha value is -3.89. The molecular weight excluding hydrogens is 576 g/mol. The number of nitrogens with one attached hydrogen (secondary N) is 3. The highest BCUT2D eigenvalue weighted by Gasteiger charge is 2.13. The van der Waals surface area contributed by atoms with Crippen molar-refractivity contribution in [1.29, 1.82) is 0 Å². The van der Waals surface area contributed by atoms with Gasteiger partial charge in [-0.05, 0) is 73.2 Å². The first kappa shape index (κ1) is 28.7. The Balaban J connectivity index is 1.51. The van der Waals surface area contributed by atoms with Gasteiger partial charge in [-0.2, -0.15) is 5.10 Å². The Bertz CT molecular complexity index is 1280. The summed E-state index contributed by atoms with van der Waals surface area (Å²) in [5.41, 5.74) is 3.67. The van der Waals surface area contributed by atoms with Gasteiger partial charge in [0.15, 0.2) is 6.61 Å². The zero-order chi connectivity index (χ0) is 27.3. The van der Waals surface area contributed by atoms with Crippen molar-refractivity contribution in [3.63, 3.8) is 0 Å². The monoisotopic (exact) mass is 600 g/mol. The number of carbonyl (C=O) groups excluding carboxylic acids is 3. The number of nitrogens with zero attached hydrogens (tertiary/aromatic N) is 1. The fourth-order valence-corrected chi connectivity index (χ4v) is 3.50. The van der Waals surface area contributed by atoms with Gasteiger partial charge in [-0.3, -0.25) is 14.4 Å². The molecule has 3 aromatic carbocycles. The minimum Gasteiger partial charge on any atom is -0.494 e. The molecule has 198 valence electrons. The van der Waals surface area contributed by atoms with Crippen LogP contribution in [0, 0.1) is 0 Å². The molecule has 0 saturated heterocycles. The maximum Gasteiger partial charge on any atom is 0.329 e. The summed E-state index contributed by atoms with van der Waals surface area (Å²) < 4.78 is 11.9. The van der Waals surface area contributed by atoms with Crippen LogP contribution in [0.4, 0.5) is 11.4 Å². The predicted molar refractivity (Wildman–Crippen MR) is 151 cm³/mol. The highest BCUT2D eigenvalue weighted by atomic mass is 79.9. The molecule has 0 fully saturated rings. The minimum absolute atomic E-state index is 0.262. The van der Waals surface area contributed by atoms with Gasteiger partial charge < -0.3 is 20.1 Å². The van der Waals surface area contributed by atoms with E-state index in [4.69, 9.17) is 21.1 Å². The van der Waals surface area contributed by atoms with E-state index in [1.807, 2.05) is 0 Å². The number of hydrogen-bond donors (Lipinski definition) is 3. The number of ether oxygens (including phenoxy) is 2. The van der Waals surface area contributed by atoms with E-state index < -0.39 is 11.8 Å². The number of anilines is 2. The van der Waals surface area contributed by atoms with Gasteiger partial charge in [0.1, 0.15) is 11.5 Å². The zero-order valence-electron chi connectivity index (χ0n) is 20.5. The average Bonchev–Trinajstić information content (AvgIpc) is 2.90. The first-order valence-corrected chi connectivity index (χ1v) is 12.9. The number of hydrogen-bond acceptors (Lipinski definition) is 6. The molecule has 9 nitrogen and oxygen atoms in total. The Morgan fingerprint density at radius 1 is 0.921 bits per heavy atom. The molecule has 0 aliphatic carbocycles. The summed E-state index contributed by atoms with van der Waals surface area (Å²) in [7, 11) is 0. The standard InChI is InChI=1S/C27H26BrClN4O5/c1-2-3-14-37-23-11-9-22(10-12-23)32-26(35)27(36)33-30-16-18-15-19(28)4-13-24(18)38-17-25(34)31-21-7-5-20(29)6-8-21/h4-13,15-16H,2-3,14,17H2,1H3,(H,31,34)(H,32,35)(H,33,36)/b30-16-. The largest absolute Gasteiger partial charge is 0.494 e. The lowest BCUT2D eigenvalue weighted by Crippen LogP contribution is -2.32. The first-order valence-electron chi connectivity index (χ1n) is 11.7. The fourth-order valence-electron chi connectivity index (χ4n) is 2.99. The van der Waals surface area contributed by atoms with Crippen LogP contribution in [0.15, 0.2) is 76.3 Å². The second-order valence-electron chi connectivity index (χ2n) is 7.91. The van der Waals surface area contributed by atoms with Crippen molar-refractivity contribution in [2.45, 2.75) is 19.8 Å². The molecule has 0 atom stereocenters. The van der Waals surface area contributed by atoms with E-state index in [2.05, 4.69) is 44.0 Å². The lowest BCUT2D eigenvalue weighted by atomic mass is 10.2. The van der Waals surface area contributed by atoms with E-state index in [1.165, 1.54) is 6.21 Å². The molecule has 0 spiro atoms. The average molecular weight is 602 g/mol. The normalized spacial score (nSPS) is 10.6. The summed E-state index contributed by atoms with van der Waals surface area (Å²) in [5.74, 6) is -1.18. The number of hydrazone groups is 1. The smallest absolute Gasteiger partial charge is 0.329 e. The van der Waals surface area contributed by atoms with Gasteiger partial charge in [-0.15, -0.1) is 0 Å². The SMILES string of the molecule is CCCCOc1ccc(NC(=O)C(=O)N/N=C\c2cc(Br)ccc2OCC(=O)Nc2ccc(Cl)cc2)cc1. The number of carbonyl (C=O) groups is 3. The van der Waals surface area contributed by atoms with Crippen LogP contribution in [0.3, 0.4) is 0 Å². The summed E-state index contributed by atoms with van der Waals surface area (Å²) >= 11 is 9.21. The van der Waals surface area contributed by atoms with Crippen molar-refractivity contribution in [2.75, 3.05) is 23.8 Å². The first-order chi connectivity index (χ1) is 18.3. The van der Waals surface area contributed by atoms with Crippen molar-refractivity contribution < 1.29 is 23.9 Å². The fraction of sp³-hybridized carbons (Fsp3) is 0.185. The number of amides is 3. The van der Waals surface area contributed by atoms with Crippen molar-refractivity contribution in [2.24, 2.45) is 5.10 Å². The van der Waals surface area contributed by atoms with Gasteiger partial charge >= 0.3 is 11.8 Å². The van der Waals surface area contributed by atoms with Gasteiger partial charge in [-0.1, -0.05) is 40.9 Å². The van der Waals surface area contributed by atoms with Crippen LogP contribution < -0.4 is 25.5 Å². The molecule has 0 unspecified atom stereocenters. The highest BCUT2D eigenvalue weighted by molar-refractivity contribution is 9.10. The van der Waals surface area contributed by atoms with Gasteiger partial charge in [0, 0.05) is 26.4 Å². The quantitative estimate of drug-likeness (QED) is 0.118. The molecule has 0 heterocycles. The molecule has 0 aliphatic rings. The minimum atomic E-state index is -0.954. The zero-order valence-corrected chi connectivity index (χ0v) is 22.8. The van der Waals surface area contributed by atoms with Crippen LogP contribution in [0.25, 0.3) is 0 Å². The second-order valence-corrected chi connectivity index (χ2v) is 9.26. The molecule has 11 heteroatoms. The third kappa shape index (κ3) is 9.53. The molecule has 0 saturated carbocycles. The molecular formula is C27H26BrClN4O5. The van der Waals surface area contributed by atoms with Crippen molar-refractivity contribution >= 4 is 62.8 Å².